The lowest BCUT2D eigenvalue weighted by molar-refractivity contribution is 0.147. The quantitative estimate of drug-likeness (QED) is 0.501. The van der Waals surface area contributed by atoms with E-state index in [1.807, 2.05) is 6.20 Å². The van der Waals surface area contributed by atoms with Crippen LogP contribution in [0.15, 0.2) is 23.3 Å². The first-order chi connectivity index (χ1) is 14.7. The average Bonchev–Trinajstić information content (AvgIpc) is 2.78. The first kappa shape index (κ1) is 22.8. The predicted octanol–water partition coefficient (Wildman–Crippen LogP) is 2.15. The van der Waals surface area contributed by atoms with Gasteiger partial charge in [-0.25, -0.2) is 9.98 Å². The Morgan fingerprint density at radius 3 is 2.73 bits per heavy atom. The van der Waals surface area contributed by atoms with Crippen LogP contribution in [-0.4, -0.2) is 86.2 Å². The van der Waals surface area contributed by atoms with E-state index in [4.69, 9.17) is 4.99 Å². The van der Waals surface area contributed by atoms with Crippen LogP contribution >= 0.6 is 0 Å². The maximum Gasteiger partial charge on any atom is 0.191 e. The van der Waals surface area contributed by atoms with E-state index in [0.29, 0.717) is 6.54 Å². The summed E-state index contributed by atoms with van der Waals surface area (Å²) in [5, 5.41) is 6.92. The second-order valence-electron chi connectivity index (χ2n) is 8.53. The smallest absolute Gasteiger partial charge is 0.191 e. The standard InChI is InChI=1S/C23H41N7/c1-4-21-8-6-7-12-29(21)13-11-26-23(24-5-2)27-19-20-9-10-25-22(18-20)30-16-14-28(3)15-17-30/h9-10,18,21H,4-8,11-17,19H2,1-3H3,(H2,24,26,27). The molecule has 2 N–H and O–H groups in total. The van der Waals surface area contributed by atoms with Gasteiger partial charge in [0.25, 0.3) is 0 Å². The van der Waals surface area contributed by atoms with Gasteiger partial charge >= 0.3 is 0 Å². The van der Waals surface area contributed by atoms with Crippen LogP contribution < -0.4 is 15.5 Å². The molecule has 0 saturated carbocycles. The number of aromatic nitrogens is 1. The Hall–Kier alpha value is -1.86. The van der Waals surface area contributed by atoms with Crippen molar-refractivity contribution in [1.29, 1.82) is 0 Å². The van der Waals surface area contributed by atoms with Gasteiger partial charge in [0.15, 0.2) is 5.96 Å². The summed E-state index contributed by atoms with van der Waals surface area (Å²) >= 11 is 0. The number of guanidine groups is 1. The number of nitrogens with one attached hydrogen (secondary N) is 2. The van der Waals surface area contributed by atoms with Crippen molar-refractivity contribution in [3.05, 3.63) is 23.9 Å². The summed E-state index contributed by atoms with van der Waals surface area (Å²) in [6.07, 6.45) is 7.24. The molecule has 2 aliphatic rings. The molecule has 0 aliphatic carbocycles. The summed E-state index contributed by atoms with van der Waals surface area (Å²) in [5.74, 6) is 1.98. The maximum atomic E-state index is 4.83. The molecule has 1 aromatic heterocycles. The summed E-state index contributed by atoms with van der Waals surface area (Å²) in [6, 6.07) is 5.02. The first-order valence-electron chi connectivity index (χ1n) is 11.8. The van der Waals surface area contributed by atoms with E-state index in [1.165, 1.54) is 37.8 Å². The Bertz CT molecular complexity index is 655. The molecule has 3 rings (SSSR count). The Morgan fingerprint density at radius 2 is 1.97 bits per heavy atom. The number of hydrogen-bond donors (Lipinski definition) is 2. The molecule has 0 radical (unpaired) electrons. The molecular weight excluding hydrogens is 374 g/mol. The van der Waals surface area contributed by atoms with E-state index in [9.17, 15) is 0 Å². The topological polar surface area (TPSA) is 59.0 Å². The molecule has 0 bridgehead atoms. The van der Waals surface area contributed by atoms with Gasteiger partial charge in [-0.05, 0) is 57.5 Å². The van der Waals surface area contributed by atoms with Gasteiger partial charge in [0, 0.05) is 58.1 Å². The number of aliphatic imine (C=N–C) groups is 1. The molecule has 1 atom stereocenters. The van der Waals surface area contributed by atoms with E-state index in [2.05, 4.69) is 63.3 Å². The van der Waals surface area contributed by atoms with Gasteiger partial charge in [-0.2, -0.15) is 0 Å². The van der Waals surface area contributed by atoms with Crippen LogP contribution in [0.25, 0.3) is 0 Å². The Morgan fingerprint density at radius 1 is 1.13 bits per heavy atom. The normalized spacial score (nSPS) is 21.6. The molecule has 30 heavy (non-hydrogen) atoms. The van der Waals surface area contributed by atoms with Crippen molar-refractivity contribution in [2.45, 2.75) is 52.1 Å². The molecular formula is C23H41N7. The molecule has 7 nitrogen and oxygen atoms in total. The fourth-order valence-corrected chi connectivity index (χ4v) is 4.41. The van der Waals surface area contributed by atoms with Crippen molar-refractivity contribution in [2.75, 3.05) is 64.3 Å². The number of piperazine rings is 1. The average molecular weight is 416 g/mol. The van der Waals surface area contributed by atoms with E-state index < -0.39 is 0 Å². The number of piperidine rings is 1. The highest BCUT2D eigenvalue weighted by Crippen LogP contribution is 2.18. The van der Waals surface area contributed by atoms with E-state index in [0.717, 1.165) is 63.6 Å². The molecule has 1 unspecified atom stereocenters. The lowest BCUT2D eigenvalue weighted by Gasteiger charge is -2.35. The third-order valence-electron chi connectivity index (χ3n) is 6.31. The van der Waals surface area contributed by atoms with E-state index in [1.54, 1.807) is 0 Å². The summed E-state index contributed by atoms with van der Waals surface area (Å²) in [6.45, 7) is 13.5. The van der Waals surface area contributed by atoms with E-state index in [-0.39, 0.29) is 0 Å². The molecule has 2 saturated heterocycles. The fourth-order valence-electron chi connectivity index (χ4n) is 4.41. The van der Waals surface area contributed by atoms with Gasteiger partial charge < -0.3 is 20.4 Å². The zero-order valence-corrected chi connectivity index (χ0v) is 19.2. The summed E-state index contributed by atoms with van der Waals surface area (Å²) < 4.78 is 0. The third kappa shape index (κ3) is 6.84. The molecule has 1 aromatic rings. The zero-order chi connectivity index (χ0) is 21.2. The largest absolute Gasteiger partial charge is 0.357 e. The van der Waals surface area contributed by atoms with Crippen LogP contribution in [-0.2, 0) is 6.54 Å². The molecule has 7 heteroatoms. The molecule has 3 heterocycles. The number of anilines is 1. The summed E-state index contributed by atoms with van der Waals surface area (Å²) in [4.78, 5) is 16.8. The minimum atomic E-state index is 0.667. The van der Waals surface area contributed by atoms with Crippen molar-refractivity contribution in [2.24, 2.45) is 4.99 Å². The molecule has 168 valence electrons. The van der Waals surface area contributed by atoms with Gasteiger partial charge in [0.05, 0.1) is 6.54 Å². The molecule has 0 amide bonds. The fraction of sp³-hybridized carbons (Fsp3) is 0.739. The SMILES string of the molecule is CCNC(=NCc1ccnc(N2CCN(C)CC2)c1)NCCN1CCCCC1CC. The molecule has 0 spiro atoms. The first-order valence-corrected chi connectivity index (χ1v) is 11.8. The highest BCUT2D eigenvalue weighted by atomic mass is 15.3. The Kier molecular flexibility index (Phi) is 9.21. The van der Waals surface area contributed by atoms with E-state index >= 15 is 0 Å². The maximum absolute atomic E-state index is 4.83. The summed E-state index contributed by atoms with van der Waals surface area (Å²) in [7, 11) is 2.18. The lowest BCUT2D eigenvalue weighted by Crippen LogP contribution is -2.45. The highest BCUT2D eigenvalue weighted by molar-refractivity contribution is 5.79. The van der Waals surface area contributed by atoms with Crippen LogP contribution in [0.5, 0.6) is 0 Å². The predicted molar refractivity (Wildman–Crippen MR) is 126 cm³/mol. The van der Waals surface area contributed by atoms with Crippen molar-refractivity contribution < 1.29 is 0 Å². The number of likely N-dealkylation sites (N-methyl/N-ethyl adjacent to an activating group) is 1. The zero-order valence-electron chi connectivity index (χ0n) is 19.2. The number of hydrogen-bond acceptors (Lipinski definition) is 5. The van der Waals surface area contributed by atoms with Crippen LogP contribution in [0.2, 0.25) is 0 Å². The second kappa shape index (κ2) is 12.1. The lowest BCUT2D eigenvalue weighted by atomic mass is 10.0. The van der Waals surface area contributed by atoms with Crippen molar-refractivity contribution in [1.82, 2.24) is 25.4 Å². The van der Waals surface area contributed by atoms with Gasteiger partial charge in [-0.3, -0.25) is 4.90 Å². The number of pyridine rings is 1. The van der Waals surface area contributed by atoms with Crippen LogP contribution in [0.1, 0.15) is 45.1 Å². The van der Waals surface area contributed by atoms with Crippen LogP contribution in [0.4, 0.5) is 5.82 Å². The minimum absolute atomic E-state index is 0.667. The monoisotopic (exact) mass is 415 g/mol. The van der Waals surface area contributed by atoms with Crippen molar-refractivity contribution >= 4 is 11.8 Å². The Balaban J connectivity index is 1.52. The third-order valence-corrected chi connectivity index (χ3v) is 6.31. The van der Waals surface area contributed by atoms with Crippen molar-refractivity contribution in [3.63, 3.8) is 0 Å². The minimum Gasteiger partial charge on any atom is -0.357 e. The van der Waals surface area contributed by atoms with Gasteiger partial charge in [-0.1, -0.05) is 13.3 Å². The number of likely N-dealkylation sites (tertiary alicyclic amines) is 1. The molecule has 2 aliphatic heterocycles. The summed E-state index contributed by atoms with van der Waals surface area (Å²) in [5.41, 5.74) is 1.21. The number of nitrogens with zero attached hydrogens (tertiary/aromatic N) is 5. The molecule has 0 aromatic carbocycles. The number of rotatable bonds is 8. The van der Waals surface area contributed by atoms with Gasteiger partial charge in [-0.15, -0.1) is 0 Å². The van der Waals surface area contributed by atoms with Crippen LogP contribution in [0, 0.1) is 0 Å². The van der Waals surface area contributed by atoms with Gasteiger partial charge in [0.2, 0.25) is 0 Å². The van der Waals surface area contributed by atoms with Crippen LogP contribution in [0.3, 0.4) is 0 Å². The molecule has 2 fully saturated rings. The highest BCUT2D eigenvalue weighted by Gasteiger charge is 2.20. The second-order valence-corrected chi connectivity index (χ2v) is 8.53. The van der Waals surface area contributed by atoms with Gasteiger partial charge in [0.1, 0.15) is 5.82 Å². The van der Waals surface area contributed by atoms with Crippen molar-refractivity contribution in [3.8, 4) is 0 Å². The Labute approximate surface area is 182 Å².